The highest BCUT2D eigenvalue weighted by atomic mass is 32.2. The molecule has 2 aromatic rings. The van der Waals surface area contributed by atoms with E-state index < -0.39 is 33.2 Å². The fourth-order valence-corrected chi connectivity index (χ4v) is 4.73. The predicted octanol–water partition coefficient (Wildman–Crippen LogP) is 0.555. The third kappa shape index (κ3) is 3.30. The molecule has 146 valence electrons. The van der Waals surface area contributed by atoms with Crippen LogP contribution in [0.1, 0.15) is 21.8 Å². The Morgan fingerprint density at radius 1 is 1.07 bits per heavy atom. The standard InChI is InChI=1S/C16H19N3O7S/c1-9-15(10(2)26-17-9)27(24,25)19-5-3-18(4-6-19)16(23)11-7-12(20)14(22)13(21)8-11/h7-8,20-22H,3-6H2,1-2H3. The van der Waals surface area contributed by atoms with Gasteiger partial charge >= 0.3 is 0 Å². The number of rotatable bonds is 3. The second-order valence-electron chi connectivity index (χ2n) is 6.21. The Labute approximate surface area is 155 Å². The molecule has 0 atom stereocenters. The number of sulfonamides is 1. The van der Waals surface area contributed by atoms with Crippen molar-refractivity contribution < 1.29 is 33.1 Å². The van der Waals surface area contributed by atoms with Gasteiger partial charge in [-0.2, -0.15) is 4.31 Å². The molecule has 1 aliphatic heterocycles. The van der Waals surface area contributed by atoms with Crippen LogP contribution in [0.15, 0.2) is 21.6 Å². The highest BCUT2D eigenvalue weighted by molar-refractivity contribution is 7.89. The number of benzene rings is 1. The van der Waals surface area contributed by atoms with E-state index in [0.29, 0.717) is 0 Å². The number of nitrogens with zero attached hydrogens (tertiary/aromatic N) is 3. The van der Waals surface area contributed by atoms with Crippen molar-refractivity contribution in [3.05, 3.63) is 29.2 Å². The van der Waals surface area contributed by atoms with Gasteiger partial charge in [-0.05, 0) is 26.0 Å². The van der Waals surface area contributed by atoms with Crippen molar-refractivity contribution in [2.45, 2.75) is 18.7 Å². The Kier molecular flexibility index (Phi) is 4.74. The van der Waals surface area contributed by atoms with Gasteiger partial charge in [-0.1, -0.05) is 5.16 Å². The first-order chi connectivity index (χ1) is 12.6. The van der Waals surface area contributed by atoms with Crippen LogP contribution in [0.4, 0.5) is 0 Å². The number of aromatic hydroxyl groups is 3. The minimum Gasteiger partial charge on any atom is -0.504 e. The first-order valence-corrected chi connectivity index (χ1v) is 9.54. The maximum absolute atomic E-state index is 12.8. The van der Waals surface area contributed by atoms with E-state index in [2.05, 4.69) is 5.16 Å². The van der Waals surface area contributed by atoms with Crippen molar-refractivity contribution in [3.8, 4) is 17.2 Å². The third-order valence-corrected chi connectivity index (χ3v) is 6.55. The first kappa shape index (κ1) is 19.0. The van der Waals surface area contributed by atoms with E-state index in [1.54, 1.807) is 6.92 Å². The summed E-state index contributed by atoms with van der Waals surface area (Å²) in [6, 6.07) is 2.09. The van der Waals surface area contributed by atoms with Gasteiger partial charge in [-0.3, -0.25) is 4.79 Å². The highest BCUT2D eigenvalue weighted by Gasteiger charge is 2.34. The lowest BCUT2D eigenvalue weighted by atomic mass is 10.1. The monoisotopic (exact) mass is 397 g/mol. The first-order valence-electron chi connectivity index (χ1n) is 8.10. The van der Waals surface area contributed by atoms with Crippen molar-refractivity contribution in [2.24, 2.45) is 0 Å². The number of carbonyl (C=O) groups is 1. The molecule has 0 spiro atoms. The number of carbonyl (C=O) groups excluding carboxylic acids is 1. The van der Waals surface area contributed by atoms with E-state index in [1.165, 1.54) is 16.1 Å². The molecule has 0 saturated carbocycles. The van der Waals surface area contributed by atoms with E-state index in [9.17, 15) is 28.5 Å². The maximum atomic E-state index is 12.8. The topological polar surface area (TPSA) is 144 Å². The van der Waals surface area contributed by atoms with Crippen LogP contribution >= 0.6 is 0 Å². The van der Waals surface area contributed by atoms with Crippen LogP contribution in [0.2, 0.25) is 0 Å². The molecule has 1 saturated heterocycles. The minimum atomic E-state index is -3.79. The molecule has 1 amide bonds. The van der Waals surface area contributed by atoms with Crippen molar-refractivity contribution in [1.29, 1.82) is 0 Å². The summed E-state index contributed by atoms with van der Waals surface area (Å²) in [5, 5.41) is 32.1. The molecule has 0 radical (unpaired) electrons. The van der Waals surface area contributed by atoms with Gasteiger partial charge in [0.1, 0.15) is 10.6 Å². The number of phenols is 3. The normalized spacial score (nSPS) is 15.9. The minimum absolute atomic E-state index is 0.00942. The number of amides is 1. The van der Waals surface area contributed by atoms with Gasteiger partial charge in [-0.15, -0.1) is 0 Å². The van der Waals surface area contributed by atoms with E-state index in [0.717, 1.165) is 12.1 Å². The van der Waals surface area contributed by atoms with Crippen molar-refractivity contribution in [3.63, 3.8) is 0 Å². The van der Waals surface area contributed by atoms with Gasteiger partial charge in [0, 0.05) is 31.7 Å². The predicted molar refractivity (Wildman–Crippen MR) is 92.1 cm³/mol. The maximum Gasteiger partial charge on any atom is 0.254 e. The molecule has 11 heteroatoms. The van der Waals surface area contributed by atoms with Crippen LogP contribution in [0.3, 0.4) is 0 Å². The zero-order valence-electron chi connectivity index (χ0n) is 14.7. The molecule has 3 rings (SSSR count). The lowest BCUT2D eigenvalue weighted by Gasteiger charge is -2.34. The summed E-state index contributed by atoms with van der Waals surface area (Å²) in [5.74, 6) is -2.21. The summed E-state index contributed by atoms with van der Waals surface area (Å²) in [6.45, 7) is 3.49. The van der Waals surface area contributed by atoms with Gasteiger partial charge in [-0.25, -0.2) is 8.42 Å². The molecule has 10 nitrogen and oxygen atoms in total. The molecule has 27 heavy (non-hydrogen) atoms. The van der Waals surface area contributed by atoms with Crippen molar-refractivity contribution in [2.75, 3.05) is 26.2 Å². The Morgan fingerprint density at radius 3 is 2.11 bits per heavy atom. The van der Waals surface area contributed by atoms with Crippen LogP contribution in [0.25, 0.3) is 0 Å². The van der Waals surface area contributed by atoms with Crippen LogP contribution in [-0.2, 0) is 10.0 Å². The van der Waals surface area contributed by atoms with Gasteiger partial charge in [0.05, 0.1) is 0 Å². The van der Waals surface area contributed by atoms with Gasteiger partial charge in [0.25, 0.3) is 5.91 Å². The molecule has 3 N–H and O–H groups in total. The van der Waals surface area contributed by atoms with E-state index in [1.807, 2.05) is 0 Å². The number of phenolic OH excluding ortho intramolecular Hbond substituents is 3. The summed E-state index contributed by atoms with van der Waals surface area (Å²) in [4.78, 5) is 14.0. The zero-order valence-corrected chi connectivity index (χ0v) is 15.5. The molecule has 0 aliphatic carbocycles. The Balaban J connectivity index is 1.75. The lowest BCUT2D eigenvalue weighted by Crippen LogP contribution is -2.50. The number of hydrogen-bond acceptors (Lipinski definition) is 8. The molecule has 1 fully saturated rings. The van der Waals surface area contributed by atoms with E-state index in [-0.39, 0.29) is 48.1 Å². The Hall–Kier alpha value is -2.79. The van der Waals surface area contributed by atoms with E-state index in [4.69, 9.17) is 4.52 Å². The summed E-state index contributed by atoms with van der Waals surface area (Å²) < 4.78 is 31.8. The van der Waals surface area contributed by atoms with Crippen molar-refractivity contribution >= 4 is 15.9 Å². The molecule has 0 bridgehead atoms. The Bertz CT molecular complexity index is 949. The lowest BCUT2D eigenvalue weighted by molar-refractivity contribution is 0.0697. The molecule has 1 aromatic carbocycles. The number of hydrogen-bond donors (Lipinski definition) is 3. The molecule has 2 heterocycles. The van der Waals surface area contributed by atoms with Gasteiger partial charge in [0.15, 0.2) is 23.0 Å². The van der Waals surface area contributed by atoms with Crippen LogP contribution in [-0.4, -0.2) is 70.2 Å². The summed E-state index contributed by atoms with van der Waals surface area (Å²) in [5.41, 5.74) is 0.269. The fourth-order valence-electron chi connectivity index (χ4n) is 3.01. The smallest absolute Gasteiger partial charge is 0.254 e. The summed E-state index contributed by atoms with van der Waals surface area (Å²) >= 11 is 0. The molecule has 1 aliphatic rings. The third-order valence-electron chi connectivity index (χ3n) is 4.41. The average Bonchev–Trinajstić information content (AvgIpc) is 2.97. The molecule has 1 aromatic heterocycles. The Morgan fingerprint density at radius 2 is 1.63 bits per heavy atom. The van der Waals surface area contributed by atoms with E-state index >= 15 is 0 Å². The summed E-state index contributed by atoms with van der Waals surface area (Å²) in [7, 11) is -3.79. The molecule has 0 unspecified atom stereocenters. The molecular formula is C16H19N3O7S. The molecular weight excluding hydrogens is 378 g/mol. The largest absolute Gasteiger partial charge is 0.504 e. The number of aryl methyl sites for hydroxylation is 2. The van der Waals surface area contributed by atoms with Crippen LogP contribution in [0.5, 0.6) is 17.2 Å². The van der Waals surface area contributed by atoms with Gasteiger partial charge in [0.2, 0.25) is 10.0 Å². The van der Waals surface area contributed by atoms with Crippen LogP contribution in [0, 0.1) is 13.8 Å². The number of piperazine rings is 1. The second kappa shape index (κ2) is 6.74. The van der Waals surface area contributed by atoms with Crippen LogP contribution < -0.4 is 0 Å². The fraction of sp³-hybridized carbons (Fsp3) is 0.375. The second-order valence-corrected chi connectivity index (χ2v) is 8.09. The highest BCUT2D eigenvalue weighted by Crippen LogP contribution is 2.35. The van der Waals surface area contributed by atoms with Crippen molar-refractivity contribution in [1.82, 2.24) is 14.4 Å². The zero-order chi connectivity index (χ0) is 19.9. The number of aromatic nitrogens is 1. The average molecular weight is 397 g/mol. The quantitative estimate of drug-likeness (QED) is 0.637. The van der Waals surface area contributed by atoms with Gasteiger partial charge < -0.3 is 24.7 Å². The SMILES string of the molecule is Cc1noc(C)c1S(=O)(=O)N1CCN(C(=O)c2cc(O)c(O)c(O)c2)CC1. The summed E-state index contributed by atoms with van der Waals surface area (Å²) in [6.07, 6.45) is 0.